The minimum Gasteiger partial charge on any atom is -0.234 e. The summed E-state index contributed by atoms with van der Waals surface area (Å²) in [7, 11) is 0. The molecular formula is C38H59N2+. The molecule has 2 aromatic carbocycles. The summed E-state index contributed by atoms with van der Waals surface area (Å²) in [6.07, 6.45) is 25.8. The van der Waals surface area contributed by atoms with Gasteiger partial charge in [0.05, 0.1) is 19.5 Å². The van der Waals surface area contributed by atoms with Crippen LogP contribution in [-0.4, -0.2) is 4.57 Å². The van der Waals surface area contributed by atoms with Gasteiger partial charge in [-0.2, -0.15) is 0 Å². The minimum absolute atomic E-state index is 0.519. The summed E-state index contributed by atoms with van der Waals surface area (Å²) in [5.41, 5.74) is 4.32. The van der Waals surface area contributed by atoms with Crippen molar-refractivity contribution in [2.45, 2.75) is 149 Å². The second kappa shape index (κ2) is 19.7. The highest BCUT2D eigenvalue weighted by Crippen LogP contribution is 2.21. The Kier molecular flexibility index (Phi) is 15.8. The third-order valence-corrected chi connectivity index (χ3v) is 8.70. The molecule has 2 heteroatoms. The molecule has 2 nitrogen and oxygen atoms in total. The van der Waals surface area contributed by atoms with Gasteiger partial charge >= 0.3 is 0 Å². The number of rotatable bonds is 22. The highest BCUT2D eigenvalue weighted by molar-refractivity contribution is 5.21. The molecule has 0 saturated heterocycles. The van der Waals surface area contributed by atoms with E-state index in [0.717, 1.165) is 25.9 Å². The van der Waals surface area contributed by atoms with E-state index < -0.39 is 0 Å². The maximum absolute atomic E-state index is 2.59. The summed E-state index contributed by atoms with van der Waals surface area (Å²) >= 11 is 0. The summed E-state index contributed by atoms with van der Waals surface area (Å²) in [5.74, 6) is 1.99. The molecule has 0 aliphatic carbocycles. The van der Waals surface area contributed by atoms with Crippen LogP contribution in [0, 0.1) is 0 Å². The largest absolute Gasteiger partial charge is 0.261 e. The Bertz CT molecular complexity index is 1020. The van der Waals surface area contributed by atoms with Crippen LogP contribution in [0.5, 0.6) is 0 Å². The first-order valence-corrected chi connectivity index (χ1v) is 16.9. The zero-order valence-corrected chi connectivity index (χ0v) is 26.3. The fourth-order valence-corrected chi connectivity index (χ4v) is 6.23. The molecule has 40 heavy (non-hydrogen) atoms. The van der Waals surface area contributed by atoms with Crippen molar-refractivity contribution in [3.63, 3.8) is 0 Å². The summed E-state index contributed by atoms with van der Waals surface area (Å²) in [6.45, 7) is 9.16. The predicted octanol–water partition coefficient (Wildman–Crippen LogP) is 10.6. The minimum atomic E-state index is 0.519. The van der Waals surface area contributed by atoms with E-state index in [4.69, 9.17) is 0 Å². The Balaban J connectivity index is 1.43. The predicted molar refractivity (Wildman–Crippen MR) is 173 cm³/mol. The van der Waals surface area contributed by atoms with Crippen molar-refractivity contribution in [2.75, 3.05) is 0 Å². The molecule has 0 bridgehead atoms. The molecule has 0 radical (unpaired) electrons. The van der Waals surface area contributed by atoms with Gasteiger partial charge in [-0.15, -0.1) is 0 Å². The number of benzene rings is 2. The topological polar surface area (TPSA) is 8.81 Å². The maximum Gasteiger partial charge on any atom is 0.261 e. The Morgan fingerprint density at radius 1 is 0.625 bits per heavy atom. The van der Waals surface area contributed by atoms with Crippen LogP contribution in [0.1, 0.15) is 146 Å². The number of hydrogen-bond acceptors (Lipinski definition) is 0. The third-order valence-electron chi connectivity index (χ3n) is 8.70. The number of aryl methyl sites for hydroxylation is 1. The third kappa shape index (κ3) is 11.6. The molecule has 0 spiro atoms. The standard InChI is InChI=1S/C38H59N2/c1-4-6-7-8-9-10-11-12-13-14-15-16-17-18-25-30-39-33-37(31-34(3)36-28-23-20-24-29-36)40(5-2)38(39)32-35-26-21-19-22-27-35/h19-24,26-29,33-34H,4-18,25,30-32H2,1-3H3/q+1. The highest BCUT2D eigenvalue weighted by Gasteiger charge is 2.24. The van der Waals surface area contributed by atoms with Crippen molar-refractivity contribution in [1.29, 1.82) is 0 Å². The molecule has 0 aliphatic rings. The number of imidazole rings is 1. The van der Waals surface area contributed by atoms with Crippen LogP contribution >= 0.6 is 0 Å². The van der Waals surface area contributed by atoms with E-state index in [-0.39, 0.29) is 0 Å². The van der Waals surface area contributed by atoms with Gasteiger partial charge in [0.1, 0.15) is 11.9 Å². The first-order chi connectivity index (χ1) is 19.7. The van der Waals surface area contributed by atoms with Crippen LogP contribution in [-0.2, 0) is 25.9 Å². The maximum atomic E-state index is 2.59. The van der Waals surface area contributed by atoms with Gasteiger partial charge in [0, 0.05) is 6.42 Å². The van der Waals surface area contributed by atoms with Gasteiger partial charge < -0.3 is 0 Å². The van der Waals surface area contributed by atoms with E-state index in [2.05, 4.69) is 96.8 Å². The van der Waals surface area contributed by atoms with Gasteiger partial charge in [0.15, 0.2) is 0 Å². The highest BCUT2D eigenvalue weighted by atomic mass is 15.2. The SMILES string of the molecule is CCCCCCCCCCCCCCCCCn1cc(CC(C)c2ccccc2)[n+](CC)c1Cc1ccccc1. The van der Waals surface area contributed by atoms with Gasteiger partial charge in [0.2, 0.25) is 0 Å². The van der Waals surface area contributed by atoms with Crippen molar-refractivity contribution in [2.24, 2.45) is 0 Å². The Morgan fingerprint density at radius 3 is 1.65 bits per heavy atom. The molecule has 0 amide bonds. The fraction of sp³-hybridized carbons (Fsp3) is 0.605. The summed E-state index contributed by atoms with van der Waals surface area (Å²) < 4.78 is 5.18. The van der Waals surface area contributed by atoms with Gasteiger partial charge in [-0.1, -0.05) is 158 Å². The summed E-state index contributed by atoms with van der Waals surface area (Å²) in [6, 6.07) is 22.0. The molecule has 220 valence electrons. The molecule has 0 aliphatic heterocycles. The molecule has 0 N–H and O–H groups in total. The van der Waals surface area contributed by atoms with Gasteiger partial charge in [0.25, 0.3) is 5.82 Å². The average molecular weight is 544 g/mol. The normalized spacial score (nSPS) is 12.2. The van der Waals surface area contributed by atoms with E-state index in [1.54, 1.807) is 0 Å². The van der Waals surface area contributed by atoms with Crippen LogP contribution in [0.15, 0.2) is 66.9 Å². The van der Waals surface area contributed by atoms with Crippen LogP contribution in [0.3, 0.4) is 0 Å². The summed E-state index contributed by atoms with van der Waals surface area (Å²) in [5, 5.41) is 0. The molecule has 1 atom stereocenters. The Labute approximate surface area is 247 Å². The van der Waals surface area contributed by atoms with Crippen molar-refractivity contribution in [3.05, 3.63) is 89.5 Å². The molecule has 1 aromatic heterocycles. The van der Waals surface area contributed by atoms with Crippen molar-refractivity contribution < 1.29 is 4.57 Å². The lowest BCUT2D eigenvalue weighted by Crippen LogP contribution is -2.40. The lowest BCUT2D eigenvalue weighted by molar-refractivity contribution is -0.707. The van der Waals surface area contributed by atoms with Crippen LogP contribution in [0.25, 0.3) is 0 Å². The van der Waals surface area contributed by atoms with Crippen LogP contribution in [0.2, 0.25) is 0 Å². The molecule has 3 aromatic rings. The molecule has 3 rings (SSSR count). The smallest absolute Gasteiger partial charge is 0.234 e. The van der Waals surface area contributed by atoms with Crippen LogP contribution in [0.4, 0.5) is 0 Å². The molecular weight excluding hydrogens is 484 g/mol. The number of hydrogen-bond donors (Lipinski definition) is 0. The van der Waals surface area contributed by atoms with E-state index in [9.17, 15) is 0 Å². The zero-order valence-electron chi connectivity index (χ0n) is 26.3. The zero-order chi connectivity index (χ0) is 28.3. The van der Waals surface area contributed by atoms with Crippen molar-refractivity contribution in [1.82, 2.24) is 4.57 Å². The van der Waals surface area contributed by atoms with E-state index >= 15 is 0 Å². The molecule has 0 saturated carbocycles. The van der Waals surface area contributed by atoms with E-state index in [1.807, 2.05) is 0 Å². The van der Waals surface area contributed by atoms with E-state index in [0.29, 0.717) is 5.92 Å². The second-order valence-electron chi connectivity index (χ2n) is 12.1. The lowest BCUT2D eigenvalue weighted by atomic mass is 9.96. The lowest BCUT2D eigenvalue weighted by Gasteiger charge is -2.11. The van der Waals surface area contributed by atoms with Gasteiger partial charge in [-0.25, -0.2) is 9.13 Å². The molecule has 1 heterocycles. The monoisotopic (exact) mass is 543 g/mol. The van der Waals surface area contributed by atoms with Crippen molar-refractivity contribution in [3.8, 4) is 0 Å². The number of nitrogens with zero attached hydrogens (tertiary/aromatic N) is 2. The summed E-state index contributed by atoms with van der Waals surface area (Å²) in [4.78, 5) is 0. The fourth-order valence-electron chi connectivity index (χ4n) is 6.23. The Hall–Kier alpha value is -2.35. The number of aromatic nitrogens is 2. The van der Waals surface area contributed by atoms with E-state index in [1.165, 1.54) is 119 Å². The quantitative estimate of drug-likeness (QED) is 0.0880. The van der Waals surface area contributed by atoms with Gasteiger partial charge in [-0.3, -0.25) is 0 Å². The molecule has 1 unspecified atom stereocenters. The van der Waals surface area contributed by atoms with Gasteiger partial charge in [-0.05, 0) is 36.8 Å². The average Bonchev–Trinajstić information content (AvgIpc) is 3.31. The van der Waals surface area contributed by atoms with Crippen molar-refractivity contribution >= 4 is 0 Å². The van der Waals surface area contributed by atoms with Crippen LogP contribution < -0.4 is 4.57 Å². The first-order valence-electron chi connectivity index (χ1n) is 16.9. The molecule has 0 fully saturated rings. The second-order valence-corrected chi connectivity index (χ2v) is 12.1. The Morgan fingerprint density at radius 2 is 1.12 bits per heavy atom. The first kappa shape index (κ1) is 32.2. The number of unbranched alkanes of at least 4 members (excludes halogenated alkanes) is 14.